The van der Waals surface area contributed by atoms with Gasteiger partial charge in [-0.05, 0) is 36.0 Å². The molecule has 0 heterocycles. The number of anilines is 2. The third-order valence-corrected chi connectivity index (χ3v) is 6.75. The van der Waals surface area contributed by atoms with E-state index in [1.54, 1.807) is 0 Å². The van der Waals surface area contributed by atoms with Gasteiger partial charge in [-0.25, -0.2) is 0 Å². The summed E-state index contributed by atoms with van der Waals surface area (Å²) in [7, 11) is -2.11. The summed E-state index contributed by atoms with van der Waals surface area (Å²) in [5, 5.41) is 1.32. The second kappa shape index (κ2) is 6.50. The maximum atomic E-state index is 3.75. The summed E-state index contributed by atoms with van der Waals surface area (Å²) in [4.78, 5) is 7.50. The predicted molar refractivity (Wildman–Crippen MR) is 97.8 cm³/mol. The molecule has 0 saturated carbocycles. The Labute approximate surface area is 133 Å². The maximum Gasteiger partial charge on any atom is 0.289 e. The molecule has 0 aliphatic carbocycles. The van der Waals surface area contributed by atoms with E-state index in [4.69, 9.17) is 0 Å². The summed E-state index contributed by atoms with van der Waals surface area (Å²) in [5.41, 5.74) is 2.29. The van der Waals surface area contributed by atoms with Crippen molar-refractivity contribution in [2.75, 3.05) is 9.96 Å². The summed E-state index contributed by atoms with van der Waals surface area (Å²) in [6.45, 7) is 2.29. The van der Waals surface area contributed by atoms with Gasteiger partial charge in [-0.2, -0.15) is 0 Å². The van der Waals surface area contributed by atoms with Crippen LogP contribution < -0.4 is 15.2 Å². The quantitative estimate of drug-likeness (QED) is 0.691. The topological polar surface area (TPSA) is 24.1 Å². The summed E-state index contributed by atoms with van der Waals surface area (Å²) >= 11 is 0. The smallest absolute Gasteiger partial charge is 0.289 e. The van der Waals surface area contributed by atoms with E-state index in [0.29, 0.717) is 0 Å². The average molecular weight is 304 g/mol. The molecule has 3 rings (SSSR count). The number of nitrogens with one attached hydrogen (secondary N) is 2. The van der Waals surface area contributed by atoms with Crippen LogP contribution >= 0.6 is 0 Å². The van der Waals surface area contributed by atoms with Crippen LogP contribution in [0, 0.1) is 0 Å². The Morgan fingerprint density at radius 3 is 1.32 bits per heavy atom. The molecule has 0 aromatic heterocycles. The fraction of sp³-hybridized carbons (Fsp3) is 0.0526. The Balaban J connectivity index is 1.95. The first-order valence-corrected chi connectivity index (χ1v) is 9.98. The second-order valence-corrected chi connectivity index (χ2v) is 8.80. The molecule has 3 aromatic carbocycles. The van der Waals surface area contributed by atoms with Gasteiger partial charge in [-0.15, -0.1) is 0 Å². The SMILES string of the molecule is C[Si](Nc1ccccc1)(Nc1ccccc1)c1ccccc1. The van der Waals surface area contributed by atoms with E-state index in [0.717, 1.165) is 11.4 Å². The molecule has 0 spiro atoms. The molecule has 3 heteroatoms. The van der Waals surface area contributed by atoms with Crippen molar-refractivity contribution in [1.82, 2.24) is 0 Å². The first-order valence-electron chi connectivity index (χ1n) is 7.48. The van der Waals surface area contributed by atoms with Crippen LogP contribution in [-0.2, 0) is 0 Å². The minimum atomic E-state index is -2.11. The third kappa shape index (κ3) is 3.38. The van der Waals surface area contributed by atoms with Crippen LogP contribution in [0.15, 0.2) is 91.0 Å². The standard InChI is InChI=1S/C19H20N2Si/c1-22(19-15-9-4-10-16-19,20-17-11-5-2-6-12-17)21-18-13-7-3-8-14-18/h2-16,20-21H,1H3. The molecule has 110 valence electrons. The van der Waals surface area contributed by atoms with Gasteiger partial charge in [-0.1, -0.05) is 66.7 Å². The number of para-hydroxylation sites is 2. The second-order valence-electron chi connectivity index (χ2n) is 5.47. The van der Waals surface area contributed by atoms with Gasteiger partial charge in [0.1, 0.15) is 0 Å². The fourth-order valence-electron chi connectivity index (χ4n) is 2.57. The lowest BCUT2D eigenvalue weighted by molar-refractivity contribution is 1.54. The zero-order valence-electron chi connectivity index (χ0n) is 12.7. The van der Waals surface area contributed by atoms with Crippen LogP contribution in [0.2, 0.25) is 6.55 Å². The first kappa shape index (κ1) is 14.4. The summed E-state index contributed by atoms with van der Waals surface area (Å²) in [6.07, 6.45) is 0. The highest BCUT2D eigenvalue weighted by Gasteiger charge is 2.31. The lowest BCUT2D eigenvalue weighted by Crippen LogP contribution is -2.59. The van der Waals surface area contributed by atoms with Crippen LogP contribution in [0.25, 0.3) is 0 Å². The Bertz CT molecular complexity index is 658. The average Bonchev–Trinajstić information content (AvgIpc) is 2.57. The highest BCUT2D eigenvalue weighted by Crippen LogP contribution is 2.16. The van der Waals surface area contributed by atoms with Crippen molar-refractivity contribution in [2.24, 2.45) is 0 Å². The molecule has 0 aliphatic rings. The van der Waals surface area contributed by atoms with Gasteiger partial charge in [0.2, 0.25) is 0 Å². The largest absolute Gasteiger partial charge is 0.391 e. The fourth-order valence-corrected chi connectivity index (χ4v) is 5.27. The van der Waals surface area contributed by atoms with Crippen molar-refractivity contribution < 1.29 is 0 Å². The van der Waals surface area contributed by atoms with Crippen LogP contribution in [0.1, 0.15) is 0 Å². The van der Waals surface area contributed by atoms with E-state index in [1.807, 2.05) is 12.1 Å². The van der Waals surface area contributed by atoms with Gasteiger partial charge in [0.25, 0.3) is 8.40 Å². The summed E-state index contributed by atoms with van der Waals surface area (Å²) in [6, 6.07) is 31.4. The molecular weight excluding hydrogens is 284 g/mol. The summed E-state index contributed by atoms with van der Waals surface area (Å²) in [5.74, 6) is 0. The Morgan fingerprint density at radius 1 is 0.545 bits per heavy atom. The molecule has 22 heavy (non-hydrogen) atoms. The number of benzene rings is 3. The Kier molecular flexibility index (Phi) is 4.26. The number of hydrogen-bond donors (Lipinski definition) is 2. The molecule has 3 aromatic rings. The van der Waals surface area contributed by atoms with E-state index in [-0.39, 0.29) is 0 Å². The van der Waals surface area contributed by atoms with Gasteiger partial charge in [0.15, 0.2) is 0 Å². The van der Waals surface area contributed by atoms with Crippen molar-refractivity contribution in [3.63, 3.8) is 0 Å². The van der Waals surface area contributed by atoms with Crippen molar-refractivity contribution in [2.45, 2.75) is 6.55 Å². The molecule has 0 saturated heterocycles. The first-order chi connectivity index (χ1) is 10.8. The van der Waals surface area contributed by atoms with Gasteiger partial charge in [-0.3, -0.25) is 0 Å². The van der Waals surface area contributed by atoms with Gasteiger partial charge >= 0.3 is 0 Å². The minimum Gasteiger partial charge on any atom is -0.391 e. The van der Waals surface area contributed by atoms with Gasteiger partial charge in [0, 0.05) is 11.4 Å². The van der Waals surface area contributed by atoms with E-state index in [2.05, 4.69) is 95.4 Å². The van der Waals surface area contributed by atoms with Gasteiger partial charge < -0.3 is 9.96 Å². The monoisotopic (exact) mass is 304 g/mol. The van der Waals surface area contributed by atoms with E-state index in [1.165, 1.54) is 5.19 Å². The molecule has 0 unspecified atom stereocenters. The zero-order valence-corrected chi connectivity index (χ0v) is 13.7. The molecule has 0 fully saturated rings. The molecule has 0 aliphatic heterocycles. The molecule has 2 N–H and O–H groups in total. The van der Waals surface area contributed by atoms with Crippen molar-refractivity contribution >= 4 is 25.0 Å². The lowest BCUT2D eigenvalue weighted by atomic mass is 10.3. The van der Waals surface area contributed by atoms with E-state index < -0.39 is 8.40 Å². The highest BCUT2D eigenvalue weighted by atomic mass is 28.3. The molecule has 0 bridgehead atoms. The molecule has 0 atom stereocenters. The molecule has 0 radical (unpaired) electrons. The maximum absolute atomic E-state index is 3.75. The normalized spacial score (nSPS) is 11.0. The van der Waals surface area contributed by atoms with Crippen LogP contribution in [0.4, 0.5) is 11.4 Å². The minimum absolute atomic E-state index is 1.14. The van der Waals surface area contributed by atoms with Crippen LogP contribution in [-0.4, -0.2) is 8.40 Å². The molecule has 2 nitrogen and oxygen atoms in total. The Morgan fingerprint density at radius 2 is 0.909 bits per heavy atom. The highest BCUT2D eigenvalue weighted by molar-refractivity contribution is 6.95. The molecule has 0 amide bonds. The van der Waals surface area contributed by atoms with Crippen LogP contribution in [0.5, 0.6) is 0 Å². The lowest BCUT2D eigenvalue weighted by Gasteiger charge is -2.31. The van der Waals surface area contributed by atoms with Gasteiger partial charge in [0.05, 0.1) is 0 Å². The molecular formula is C19H20N2Si. The zero-order chi connectivity index (χ0) is 15.3. The number of hydrogen-bond acceptors (Lipinski definition) is 2. The summed E-state index contributed by atoms with van der Waals surface area (Å²) < 4.78 is 0. The number of rotatable bonds is 5. The van der Waals surface area contributed by atoms with E-state index >= 15 is 0 Å². The van der Waals surface area contributed by atoms with E-state index in [9.17, 15) is 0 Å². The van der Waals surface area contributed by atoms with Crippen molar-refractivity contribution in [1.29, 1.82) is 0 Å². The van der Waals surface area contributed by atoms with Crippen molar-refractivity contribution in [3.8, 4) is 0 Å². The Hall–Kier alpha value is -2.52. The predicted octanol–water partition coefficient (Wildman–Crippen LogP) is 4.19. The third-order valence-electron chi connectivity index (χ3n) is 3.69. The van der Waals surface area contributed by atoms with Crippen LogP contribution in [0.3, 0.4) is 0 Å². The van der Waals surface area contributed by atoms with Crippen molar-refractivity contribution in [3.05, 3.63) is 91.0 Å².